The summed E-state index contributed by atoms with van der Waals surface area (Å²) in [5.74, 6) is -0.862. The van der Waals surface area contributed by atoms with Gasteiger partial charge >= 0.3 is 0 Å². The van der Waals surface area contributed by atoms with Crippen molar-refractivity contribution in [2.75, 3.05) is 0 Å². The van der Waals surface area contributed by atoms with Crippen LogP contribution in [0.5, 0.6) is 0 Å². The van der Waals surface area contributed by atoms with E-state index in [1.807, 2.05) is 13.0 Å². The first-order chi connectivity index (χ1) is 7.54. The lowest BCUT2D eigenvalue weighted by molar-refractivity contribution is 0.0821. The molecule has 0 fully saturated rings. The second kappa shape index (κ2) is 5.92. The zero-order chi connectivity index (χ0) is 12.1. The van der Waals surface area contributed by atoms with Gasteiger partial charge in [-0.1, -0.05) is 26.0 Å². The van der Waals surface area contributed by atoms with Crippen molar-refractivity contribution < 1.29 is 13.2 Å². The van der Waals surface area contributed by atoms with Gasteiger partial charge in [-0.05, 0) is 36.5 Å². The number of alkyl halides is 2. The summed E-state index contributed by atoms with van der Waals surface area (Å²) < 4.78 is 37.9. The lowest BCUT2D eigenvalue weighted by Gasteiger charge is -2.10. The van der Waals surface area contributed by atoms with E-state index in [9.17, 15) is 13.2 Å². The number of aryl methyl sites for hydroxylation is 2. The zero-order valence-corrected chi connectivity index (χ0v) is 9.64. The average Bonchev–Trinajstić information content (AvgIpc) is 2.25. The molecule has 16 heavy (non-hydrogen) atoms. The molecule has 1 atom stereocenters. The third-order valence-corrected chi connectivity index (χ3v) is 2.82. The summed E-state index contributed by atoms with van der Waals surface area (Å²) in [6.45, 7) is 3.40. The molecule has 0 N–H and O–H groups in total. The summed E-state index contributed by atoms with van der Waals surface area (Å²) in [6.07, 6.45) is -0.742. The molecule has 0 saturated carbocycles. The van der Waals surface area contributed by atoms with Crippen molar-refractivity contribution >= 4 is 0 Å². The highest BCUT2D eigenvalue weighted by Crippen LogP contribution is 2.18. The number of hydrogen-bond donors (Lipinski definition) is 0. The van der Waals surface area contributed by atoms with Crippen LogP contribution in [0, 0.1) is 11.7 Å². The van der Waals surface area contributed by atoms with Gasteiger partial charge in [0.2, 0.25) is 6.43 Å². The van der Waals surface area contributed by atoms with Crippen LogP contribution in [0.3, 0.4) is 0 Å². The predicted molar refractivity (Wildman–Crippen MR) is 59.3 cm³/mol. The minimum atomic E-state index is -2.29. The van der Waals surface area contributed by atoms with Crippen LogP contribution in [0.4, 0.5) is 13.2 Å². The fourth-order valence-corrected chi connectivity index (χ4v) is 1.55. The second-order valence-electron chi connectivity index (χ2n) is 4.13. The molecule has 0 saturated heterocycles. The summed E-state index contributed by atoms with van der Waals surface area (Å²) in [5.41, 5.74) is 1.47. The van der Waals surface area contributed by atoms with E-state index in [0.29, 0.717) is 24.8 Å². The Bertz CT molecular complexity index is 334. The highest BCUT2D eigenvalue weighted by atomic mass is 19.3. The van der Waals surface area contributed by atoms with E-state index in [0.717, 1.165) is 5.56 Å². The van der Waals surface area contributed by atoms with Crippen LogP contribution in [0.15, 0.2) is 18.2 Å². The Balaban J connectivity index is 2.58. The molecule has 1 aromatic carbocycles. The molecular weight excluding hydrogens is 213 g/mol. The molecule has 1 unspecified atom stereocenters. The molecule has 0 heterocycles. The maximum absolute atomic E-state index is 13.4. The van der Waals surface area contributed by atoms with E-state index in [-0.39, 0.29) is 5.82 Å². The van der Waals surface area contributed by atoms with Crippen LogP contribution >= 0.6 is 0 Å². The van der Waals surface area contributed by atoms with Crippen LogP contribution < -0.4 is 0 Å². The summed E-state index contributed by atoms with van der Waals surface area (Å²) in [7, 11) is 0. The molecule has 90 valence electrons. The molecule has 0 nitrogen and oxygen atoms in total. The Morgan fingerprint density at radius 1 is 1.25 bits per heavy atom. The normalized spacial score (nSPS) is 13.1. The van der Waals surface area contributed by atoms with Crippen molar-refractivity contribution in [2.24, 2.45) is 5.92 Å². The van der Waals surface area contributed by atoms with E-state index < -0.39 is 12.3 Å². The summed E-state index contributed by atoms with van der Waals surface area (Å²) in [6, 6.07) is 5.01. The summed E-state index contributed by atoms with van der Waals surface area (Å²) in [5, 5.41) is 0. The molecular formula is C13H17F3. The van der Waals surface area contributed by atoms with E-state index >= 15 is 0 Å². The maximum atomic E-state index is 13.4. The summed E-state index contributed by atoms with van der Waals surface area (Å²) in [4.78, 5) is 0. The zero-order valence-electron chi connectivity index (χ0n) is 9.64. The van der Waals surface area contributed by atoms with Gasteiger partial charge in [-0.2, -0.15) is 0 Å². The molecule has 0 aliphatic rings. The SMILES string of the molecule is CCc1ccc(CCC(C)C(F)F)cc1F. The van der Waals surface area contributed by atoms with Crippen LogP contribution in [0.1, 0.15) is 31.4 Å². The van der Waals surface area contributed by atoms with Crippen LogP contribution in [-0.2, 0) is 12.8 Å². The molecule has 0 amide bonds. The van der Waals surface area contributed by atoms with Crippen molar-refractivity contribution in [1.29, 1.82) is 0 Å². The van der Waals surface area contributed by atoms with Crippen LogP contribution in [0.25, 0.3) is 0 Å². The Labute approximate surface area is 94.5 Å². The van der Waals surface area contributed by atoms with Gasteiger partial charge in [-0.25, -0.2) is 13.2 Å². The molecule has 0 aliphatic carbocycles. The Morgan fingerprint density at radius 3 is 2.44 bits per heavy atom. The minimum absolute atomic E-state index is 0.232. The Morgan fingerprint density at radius 2 is 1.94 bits per heavy atom. The van der Waals surface area contributed by atoms with Crippen molar-refractivity contribution in [3.8, 4) is 0 Å². The molecule has 0 radical (unpaired) electrons. The fraction of sp³-hybridized carbons (Fsp3) is 0.538. The lowest BCUT2D eigenvalue weighted by atomic mass is 10.00. The quantitative estimate of drug-likeness (QED) is 0.710. The topological polar surface area (TPSA) is 0 Å². The first kappa shape index (κ1) is 13.1. The van der Waals surface area contributed by atoms with Gasteiger partial charge in [0.05, 0.1) is 0 Å². The standard InChI is InChI=1S/C13H17F3/c1-3-11-7-6-10(8-12(11)14)5-4-9(2)13(15)16/h6-9,13H,3-5H2,1-2H3. The van der Waals surface area contributed by atoms with E-state index in [1.165, 1.54) is 13.0 Å². The Kier molecular flexibility index (Phi) is 4.84. The highest BCUT2D eigenvalue weighted by Gasteiger charge is 2.14. The average molecular weight is 230 g/mol. The lowest BCUT2D eigenvalue weighted by Crippen LogP contribution is -2.07. The summed E-state index contributed by atoms with van der Waals surface area (Å²) >= 11 is 0. The van der Waals surface area contributed by atoms with Gasteiger partial charge in [0, 0.05) is 5.92 Å². The third kappa shape index (κ3) is 3.54. The maximum Gasteiger partial charge on any atom is 0.241 e. The minimum Gasteiger partial charge on any atom is -0.210 e. The van der Waals surface area contributed by atoms with E-state index in [4.69, 9.17) is 0 Å². The number of hydrogen-bond acceptors (Lipinski definition) is 0. The van der Waals surface area contributed by atoms with Gasteiger partial charge in [-0.15, -0.1) is 0 Å². The van der Waals surface area contributed by atoms with Gasteiger partial charge in [-0.3, -0.25) is 0 Å². The van der Waals surface area contributed by atoms with Crippen molar-refractivity contribution in [1.82, 2.24) is 0 Å². The third-order valence-electron chi connectivity index (χ3n) is 2.82. The smallest absolute Gasteiger partial charge is 0.210 e. The van der Waals surface area contributed by atoms with Crippen LogP contribution in [-0.4, -0.2) is 6.43 Å². The number of halogens is 3. The molecule has 1 rings (SSSR count). The van der Waals surface area contributed by atoms with E-state index in [1.54, 1.807) is 6.07 Å². The predicted octanol–water partition coefficient (Wildman–Crippen LogP) is 4.22. The number of benzene rings is 1. The monoisotopic (exact) mass is 230 g/mol. The van der Waals surface area contributed by atoms with Gasteiger partial charge in [0.25, 0.3) is 0 Å². The van der Waals surface area contributed by atoms with Crippen molar-refractivity contribution in [2.45, 2.75) is 39.5 Å². The van der Waals surface area contributed by atoms with Crippen LogP contribution in [0.2, 0.25) is 0 Å². The van der Waals surface area contributed by atoms with Gasteiger partial charge < -0.3 is 0 Å². The Hall–Kier alpha value is -0.990. The van der Waals surface area contributed by atoms with Crippen molar-refractivity contribution in [3.63, 3.8) is 0 Å². The second-order valence-corrected chi connectivity index (χ2v) is 4.13. The van der Waals surface area contributed by atoms with Gasteiger partial charge in [0.1, 0.15) is 5.82 Å². The highest BCUT2D eigenvalue weighted by molar-refractivity contribution is 5.24. The first-order valence-electron chi connectivity index (χ1n) is 5.60. The fourth-order valence-electron chi connectivity index (χ4n) is 1.55. The first-order valence-corrected chi connectivity index (χ1v) is 5.60. The molecule has 1 aromatic rings. The molecule has 0 bridgehead atoms. The van der Waals surface area contributed by atoms with E-state index in [2.05, 4.69) is 0 Å². The largest absolute Gasteiger partial charge is 0.241 e. The molecule has 0 spiro atoms. The molecule has 0 aromatic heterocycles. The van der Waals surface area contributed by atoms with Gasteiger partial charge in [0.15, 0.2) is 0 Å². The van der Waals surface area contributed by atoms with Crippen molar-refractivity contribution in [3.05, 3.63) is 35.1 Å². The molecule has 0 aliphatic heterocycles. The molecule has 3 heteroatoms. The number of rotatable bonds is 5.